The fourth-order valence-electron chi connectivity index (χ4n) is 5.54. The molecule has 192 valence electrons. The third kappa shape index (κ3) is 5.33. The van der Waals surface area contributed by atoms with Gasteiger partial charge in [0.15, 0.2) is 0 Å². The summed E-state index contributed by atoms with van der Waals surface area (Å²) >= 11 is 0. The number of aromatic nitrogens is 2. The molecule has 2 heterocycles. The Bertz CT molecular complexity index is 1420. The Morgan fingerprint density at radius 1 is 1.16 bits per heavy atom. The number of H-pyrrole nitrogens is 2. The molecule has 4 N–H and O–H groups in total. The summed E-state index contributed by atoms with van der Waals surface area (Å²) in [5.74, 6) is 0.328. The van der Waals surface area contributed by atoms with Crippen LogP contribution in [0.25, 0.3) is 17.0 Å². The van der Waals surface area contributed by atoms with Crippen LogP contribution in [0.3, 0.4) is 0 Å². The van der Waals surface area contributed by atoms with Gasteiger partial charge >= 0.3 is 0 Å². The number of benzene rings is 2. The monoisotopic (exact) mass is 498 g/mol. The van der Waals surface area contributed by atoms with Gasteiger partial charge in [0.2, 0.25) is 0 Å². The smallest absolute Gasteiger partial charge is 0.267 e. The van der Waals surface area contributed by atoms with E-state index in [-0.39, 0.29) is 0 Å². The number of carbonyl (C=O) groups excluding carboxylic acids is 1. The minimum Gasteiger partial charge on any atom is -0.497 e. The Balaban J connectivity index is 1.40. The molecular formula is C30H34N4O3. The van der Waals surface area contributed by atoms with E-state index >= 15 is 0 Å². The molecule has 2 aromatic carbocycles. The van der Waals surface area contributed by atoms with Gasteiger partial charge in [0.25, 0.3) is 5.91 Å². The lowest BCUT2D eigenvalue weighted by atomic mass is 10.0. The molecule has 0 radical (unpaired) electrons. The summed E-state index contributed by atoms with van der Waals surface area (Å²) in [7, 11) is 1.69. The number of hydroxylamine groups is 1. The Morgan fingerprint density at radius 2 is 2.03 bits per heavy atom. The van der Waals surface area contributed by atoms with Crippen LogP contribution in [-0.2, 0) is 30.6 Å². The number of methoxy groups -OCH3 is 1. The van der Waals surface area contributed by atoms with Gasteiger partial charge in [-0.25, -0.2) is 5.48 Å². The number of hydrogen-bond donors (Lipinski definition) is 4. The van der Waals surface area contributed by atoms with E-state index in [4.69, 9.17) is 9.94 Å². The van der Waals surface area contributed by atoms with Gasteiger partial charge in [-0.2, -0.15) is 0 Å². The van der Waals surface area contributed by atoms with Crippen molar-refractivity contribution in [1.29, 1.82) is 0 Å². The molecule has 1 unspecified atom stereocenters. The van der Waals surface area contributed by atoms with Crippen molar-refractivity contribution in [3.05, 3.63) is 94.4 Å². The van der Waals surface area contributed by atoms with E-state index in [1.54, 1.807) is 18.7 Å². The lowest BCUT2D eigenvalue weighted by molar-refractivity contribution is -0.124. The van der Waals surface area contributed by atoms with E-state index in [0.717, 1.165) is 55.6 Å². The molecule has 0 aliphatic heterocycles. The van der Waals surface area contributed by atoms with Gasteiger partial charge in [-0.15, -0.1) is 0 Å². The van der Waals surface area contributed by atoms with Gasteiger partial charge in [0, 0.05) is 60.8 Å². The predicted molar refractivity (Wildman–Crippen MR) is 146 cm³/mol. The highest BCUT2D eigenvalue weighted by atomic mass is 16.5. The highest BCUT2D eigenvalue weighted by Crippen LogP contribution is 2.38. The summed E-state index contributed by atoms with van der Waals surface area (Å²) in [6.45, 7) is 4.04. The zero-order valence-corrected chi connectivity index (χ0v) is 21.4. The van der Waals surface area contributed by atoms with E-state index in [1.807, 2.05) is 12.1 Å². The van der Waals surface area contributed by atoms with Gasteiger partial charge in [-0.3, -0.25) is 14.9 Å². The molecule has 1 atom stereocenters. The summed E-state index contributed by atoms with van der Waals surface area (Å²) in [6, 6.07) is 13.0. The summed E-state index contributed by atoms with van der Waals surface area (Å²) < 4.78 is 5.39. The van der Waals surface area contributed by atoms with Crippen LogP contribution in [0.5, 0.6) is 5.75 Å². The second-order valence-corrected chi connectivity index (χ2v) is 9.63. The Kier molecular flexibility index (Phi) is 7.44. The number of fused-ring (bicyclic) bond motifs is 2. The van der Waals surface area contributed by atoms with Gasteiger partial charge < -0.3 is 14.7 Å². The molecular weight excluding hydrogens is 464 g/mol. The first-order valence-corrected chi connectivity index (χ1v) is 12.9. The van der Waals surface area contributed by atoms with Crippen molar-refractivity contribution in [1.82, 2.24) is 20.3 Å². The standard InChI is InChI=1S/C30H34N4O3/c1-3-21-16-31-17-24(21)19-34(13-12-23-18-32-28-15-25(37-2)7-9-26(23)28)29-10-6-22-14-20(4-8-27(22)29)5-11-30(35)33-36/h4-5,7-9,11,14-18,29,31-32,36H,3,6,10,12-13,19H2,1-2H3,(H,33,35)/b11-5+. The largest absolute Gasteiger partial charge is 0.497 e. The average molecular weight is 499 g/mol. The number of nitrogens with one attached hydrogen (secondary N) is 3. The highest BCUT2D eigenvalue weighted by molar-refractivity contribution is 5.90. The third-order valence-corrected chi connectivity index (χ3v) is 7.52. The normalized spacial score (nSPS) is 15.1. The zero-order valence-electron chi connectivity index (χ0n) is 21.4. The van der Waals surface area contributed by atoms with Crippen LogP contribution in [0.2, 0.25) is 0 Å². The Hall–Kier alpha value is -3.81. The molecule has 0 saturated heterocycles. The molecule has 7 heteroatoms. The maximum Gasteiger partial charge on any atom is 0.267 e. The number of nitrogens with zero attached hydrogens (tertiary/aromatic N) is 1. The second kappa shape index (κ2) is 11.1. The van der Waals surface area contributed by atoms with Crippen LogP contribution in [-0.4, -0.2) is 39.6 Å². The fraction of sp³-hybridized carbons (Fsp3) is 0.300. The van der Waals surface area contributed by atoms with E-state index in [0.29, 0.717) is 6.04 Å². The SMILES string of the molecule is CCc1c[nH]cc1CN(CCc1c[nH]c2cc(OC)ccc12)C1CCc2cc(/C=C/C(=O)NO)ccc21. The van der Waals surface area contributed by atoms with Crippen LogP contribution in [0.4, 0.5) is 0 Å². The summed E-state index contributed by atoms with van der Waals surface area (Å²) in [5.41, 5.74) is 10.4. The molecule has 4 aromatic rings. The zero-order chi connectivity index (χ0) is 25.8. The van der Waals surface area contributed by atoms with E-state index in [2.05, 4.69) is 64.6 Å². The molecule has 2 aromatic heterocycles. The van der Waals surface area contributed by atoms with Crippen LogP contribution in [0, 0.1) is 0 Å². The quantitative estimate of drug-likeness (QED) is 0.135. The van der Waals surface area contributed by atoms with Gasteiger partial charge in [0.1, 0.15) is 5.75 Å². The molecule has 0 fully saturated rings. The summed E-state index contributed by atoms with van der Waals surface area (Å²) in [4.78, 5) is 20.7. The summed E-state index contributed by atoms with van der Waals surface area (Å²) in [5, 5.41) is 9.98. The molecule has 37 heavy (non-hydrogen) atoms. The first-order chi connectivity index (χ1) is 18.1. The Morgan fingerprint density at radius 3 is 2.84 bits per heavy atom. The van der Waals surface area contributed by atoms with Gasteiger partial charge in [-0.1, -0.05) is 25.1 Å². The average Bonchev–Trinajstić information content (AvgIpc) is 3.67. The maximum atomic E-state index is 11.4. The molecule has 1 amide bonds. The number of amides is 1. The van der Waals surface area contributed by atoms with Crippen molar-refractivity contribution < 1.29 is 14.7 Å². The van der Waals surface area contributed by atoms with Gasteiger partial charge in [-0.05, 0) is 77.3 Å². The van der Waals surface area contributed by atoms with Gasteiger partial charge in [0.05, 0.1) is 7.11 Å². The minimum atomic E-state index is -0.529. The van der Waals surface area contributed by atoms with Crippen molar-refractivity contribution in [2.75, 3.05) is 13.7 Å². The fourth-order valence-corrected chi connectivity index (χ4v) is 5.54. The minimum absolute atomic E-state index is 0.332. The van der Waals surface area contributed by atoms with Crippen LogP contribution in [0.15, 0.2) is 61.1 Å². The number of aryl methyl sites for hydroxylation is 2. The van der Waals surface area contributed by atoms with Crippen molar-refractivity contribution in [3.8, 4) is 5.75 Å². The maximum absolute atomic E-state index is 11.4. The van der Waals surface area contributed by atoms with Crippen LogP contribution >= 0.6 is 0 Å². The lowest BCUT2D eigenvalue weighted by Gasteiger charge is -2.30. The number of rotatable bonds is 10. The highest BCUT2D eigenvalue weighted by Gasteiger charge is 2.28. The number of hydrogen-bond acceptors (Lipinski definition) is 4. The first kappa shape index (κ1) is 24.9. The molecule has 5 rings (SSSR count). The van der Waals surface area contributed by atoms with E-state index in [1.165, 1.54) is 39.3 Å². The van der Waals surface area contributed by atoms with E-state index in [9.17, 15) is 4.79 Å². The number of aromatic amines is 2. The van der Waals surface area contributed by atoms with Crippen molar-refractivity contribution in [2.45, 2.75) is 45.2 Å². The third-order valence-electron chi connectivity index (χ3n) is 7.52. The molecule has 0 saturated carbocycles. The molecule has 7 nitrogen and oxygen atoms in total. The molecule has 1 aliphatic carbocycles. The molecule has 0 spiro atoms. The van der Waals surface area contributed by atoms with Crippen LogP contribution < -0.4 is 10.2 Å². The predicted octanol–water partition coefficient (Wildman–Crippen LogP) is 5.32. The van der Waals surface area contributed by atoms with Crippen molar-refractivity contribution in [2.24, 2.45) is 0 Å². The van der Waals surface area contributed by atoms with Crippen molar-refractivity contribution in [3.63, 3.8) is 0 Å². The number of carbonyl (C=O) groups is 1. The first-order valence-electron chi connectivity index (χ1n) is 12.9. The second-order valence-electron chi connectivity index (χ2n) is 9.63. The molecule has 0 bridgehead atoms. The Labute approximate surface area is 217 Å². The topological polar surface area (TPSA) is 93.4 Å². The van der Waals surface area contributed by atoms with Crippen LogP contribution in [0.1, 0.15) is 52.8 Å². The lowest BCUT2D eigenvalue weighted by Crippen LogP contribution is -2.29. The molecule has 1 aliphatic rings. The van der Waals surface area contributed by atoms with E-state index < -0.39 is 5.91 Å². The van der Waals surface area contributed by atoms with Crippen molar-refractivity contribution >= 4 is 22.9 Å². The summed E-state index contributed by atoms with van der Waals surface area (Å²) in [6.07, 6.45) is 13.5. The number of ether oxygens (including phenoxy) is 1.